The average molecular weight is 594 g/mol. The molecule has 1 fully saturated rings. The van der Waals surface area contributed by atoms with E-state index in [9.17, 15) is 22.4 Å². The van der Waals surface area contributed by atoms with Gasteiger partial charge in [0.1, 0.15) is 24.3 Å². The molecule has 0 unspecified atom stereocenters. The molecule has 220 valence electrons. The molecule has 3 aromatic rings. The number of benzene rings is 3. The molecule has 0 saturated carbocycles. The maximum Gasteiger partial charge on any atom is 0.261 e. The molecule has 3 aliphatic rings. The number of ether oxygens (including phenoxy) is 2. The van der Waals surface area contributed by atoms with Gasteiger partial charge in [-0.2, -0.15) is 0 Å². The zero-order chi connectivity index (χ0) is 29.4. The van der Waals surface area contributed by atoms with Gasteiger partial charge in [0.15, 0.2) is 0 Å². The van der Waals surface area contributed by atoms with E-state index in [1.165, 1.54) is 41.5 Å². The first-order chi connectivity index (χ1) is 20.2. The van der Waals surface area contributed by atoms with Gasteiger partial charge in [-0.1, -0.05) is 30.3 Å². The Hall–Kier alpha value is -3.96. The van der Waals surface area contributed by atoms with Crippen LogP contribution >= 0.6 is 0 Å². The lowest BCUT2D eigenvalue weighted by Crippen LogP contribution is -2.54. The van der Waals surface area contributed by atoms with Crippen LogP contribution in [0.25, 0.3) is 0 Å². The highest BCUT2D eigenvalue weighted by molar-refractivity contribution is 7.92. The molecule has 3 aromatic carbocycles. The van der Waals surface area contributed by atoms with Gasteiger partial charge < -0.3 is 19.3 Å². The fourth-order valence-corrected chi connectivity index (χ4v) is 7.05. The second-order valence-electron chi connectivity index (χ2n) is 11.0. The maximum absolute atomic E-state index is 13.6. The normalized spacial score (nSPS) is 22.1. The van der Waals surface area contributed by atoms with Gasteiger partial charge in [0.05, 0.1) is 29.0 Å². The second kappa shape index (κ2) is 11.4. The Labute approximate surface area is 244 Å². The molecule has 6 rings (SSSR count). The molecular formula is C31H32FN3O6S. The van der Waals surface area contributed by atoms with Crippen molar-refractivity contribution in [2.24, 2.45) is 0 Å². The molecule has 0 spiro atoms. The molecule has 11 heteroatoms. The Morgan fingerprint density at radius 3 is 2.67 bits per heavy atom. The van der Waals surface area contributed by atoms with Crippen molar-refractivity contribution in [3.8, 4) is 5.75 Å². The Morgan fingerprint density at radius 2 is 1.86 bits per heavy atom. The summed E-state index contributed by atoms with van der Waals surface area (Å²) in [6.45, 7) is 1.46. The molecule has 2 amide bonds. The quantitative estimate of drug-likeness (QED) is 0.480. The summed E-state index contributed by atoms with van der Waals surface area (Å²) in [5.74, 6) is -0.651. The monoisotopic (exact) mass is 593 g/mol. The number of fused-ring (bicyclic) bond motifs is 3. The van der Waals surface area contributed by atoms with Gasteiger partial charge in [-0.25, -0.2) is 12.8 Å². The first-order valence-electron chi connectivity index (χ1n) is 14.0. The van der Waals surface area contributed by atoms with Crippen LogP contribution in [0, 0.1) is 5.82 Å². The number of likely N-dealkylation sites (N-methyl/N-ethyl adjacent to an activating group) is 1. The Morgan fingerprint density at radius 1 is 1.05 bits per heavy atom. The van der Waals surface area contributed by atoms with Gasteiger partial charge in [0.2, 0.25) is 5.91 Å². The van der Waals surface area contributed by atoms with E-state index in [0.717, 1.165) is 18.6 Å². The van der Waals surface area contributed by atoms with Gasteiger partial charge in [0, 0.05) is 25.8 Å². The number of hydrogen-bond donors (Lipinski definition) is 1. The summed E-state index contributed by atoms with van der Waals surface area (Å²) in [6, 6.07) is 17.0. The summed E-state index contributed by atoms with van der Waals surface area (Å²) < 4.78 is 54.0. The summed E-state index contributed by atoms with van der Waals surface area (Å²) in [6.07, 6.45) is 1.67. The minimum Gasteiger partial charge on any atom is -0.490 e. The number of hydrogen-bond acceptors (Lipinski definition) is 6. The van der Waals surface area contributed by atoms with Gasteiger partial charge in [-0.15, -0.1) is 0 Å². The molecular weight excluding hydrogens is 561 g/mol. The van der Waals surface area contributed by atoms with Crippen molar-refractivity contribution >= 4 is 27.5 Å². The first kappa shape index (κ1) is 28.2. The smallest absolute Gasteiger partial charge is 0.261 e. The van der Waals surface area contributed by atoms with Crippen LogP contribution in [-0.4, -0.2) is 68.5 Å². The van der Waals surface area contributed by atoms with Crippen molar-refractivity contribution < 1.29 is 31.9 Å². The van der Waals surface area contributed by atoms with Crippen molar-refractivity contribution in [3.63, 3.8) is 0 Å². The molecule has 9 nitrogen and oxygen atoms in total. The van der Waals surface area contributed by atoms with E-state index in [2.05, 4.69) is 16.9 Å². The largest absolute Gasteiger partial charge is 0.490 e. The molecule has 0 aliphatic carbocycles. The highest BCUT2D eigenvalue weighted by atomic mass is 32.2. The predicted octanol–water partition coefficient (Wildman–Crippen LogP) is 3.98. The molecule has 3 heterocycles. The Kier molecular flexibility index (Phi) is 7.63. The van der Waals surface area contributed by atoms with Crippen LogP contribution < -0.4 is 9.46 Å². The number of carbonyl (C=O) groups excluding carboxylic acids is 2. The maximum atomic E-state index is 13.6. The minimum absolute atomic E-state index is 0.0581. The van der Waals surface area contributed by atoms with E-state index in [-0.39, 0.29) is 53.1 Å². The number of rotatable bonds is 5. The molecule has 42 heavy (non-hydrogen) atoms. The summed E-state index contributed by atoms with van der Waals surface area (Å²) in [7, 11) is -2.38. The number of amides is 2. The van der Waals surface area contributed by atoms with E-state index >= 15 is 0 Å². The van der Waals surface area contributed by atoms with Gasteiger partial charge in [-0.05, 0) is 66.8 Å². The fraction of sp³-hybridized carbons (Fsp3) is 0.355. The SMILES string of the molecule is CN1C(=O)c2cc(NS(=O)(=O)c3cccc(F)c3)ccc2OC[C@@H]2O[C@H](CC(=O)N3CCc4ccccc4C3)CC[C@@H]21. The summed E-state index contributed by atoms with van der Waals surface area (Å²) in [5, 5.41) is 0. The van der Waals surface area contributed by atoms with Crippen LogP contribution in [0.5, 0.6) is 5.75 Å². The van der Waals surface area contributed by atoms with Crippen LogP contribution in [0.4, 0.5) is 10.1 Å². The molecule has 3 atom stereocenters. The van der Waals surface area contributed by atoms with Gasteiger partial charge in [-0.3, -0.25) is 14.3 Å². The third-order valence-electron chi connectivity index (χ3n) is 8.26. The lowest BCUT2D eigenvalue weighted by Gasteiger charge is -2.42. The van der Waals surface area contributed by atoms with E-state index in [1.54, 1.807) is 11.9 Å². The number of anilines is 1. The fourth-order valence-electron chi connectivity index (χ4n) is 5.97. The van der Waals surface area contributed by atoms with Crippen molar-refractivity contribution in [1.82, 2.24) is 9.80 Å². The van der Waals surface area contributed by atoms with Crippen LogP contribution in [0.15, 0.2) is 71.6 Å². The van der Waals surface area contributed by atoms with Crippen LogP contribution in [0.2, 0.25) is 0 Å². The van der Waals surface area contributed by atoms with Crippen molar-refractivity contribution in [2.45, 2.75) is 55.4 Å². The topological polar surface area (TPSA) is 105 Å². The van der Waals surface area contributed by atoms with E-state index < -0.39 is 21.9 Å². The standard InChI is InChI=1S/C31H32FN3O6S/c1-34-27-11-10-24(17-30(36)35-14-13-20-5-2-3-6-21(20)18-35)41-29(27)19-40-28-12-9-23(16-26(28)31(34)37)33-42(38,39)25-8-4-7-22(32)15-25/h2-9,12,15-16,24,27,29,33H,10-11,13-14,17-19H2,1H3/t24-,27-,29-/m0/s1. The lowest BCUT2D eigenvalue weighted by atomic mass is 9.94. The predicted molar refractivity (Wildman–Crippen MR) is 153 cm³/mol. The summed E-state index contributed by atoms with van der Waals surface area (Å²) in [4.78, 5) is 30.0. The average Bonchev–Trinajstić information content (AvgIpc) is 2.99. The van der Waals surface area contributed by atoms with E-state index in [1.807, 2.05) is 17.0 Å². The zero-order valence-electron chi connectivity index (χ0n) is 23.2. The highest BCUT2D eigenvalue weighted by Gasteiger charge is 2.39. The van der Waals surface area contributed by atoms with Gasteiger partial charge in [0.25, 0.3) is 15.9 Å². The van der Waals surface area contributed by atoms with E-state index in [0.29, 0.717) is 31.7 Å². The molecule has 1 N–H and O–H groups in total. The van der Waals surface area contributed by atoms with Crippen LogP contribution in [0.1, 0.15) is 40.7 Å². The number of halogens is 1. The van der Waals surface area contributed by atoms with Crippen LogP contribution in [0.3, 0.4) is 0 Å². The number of sulfonamides is 1. The molecule has 0 bridgehead atoms. The number of nitrogens with one attached hydrogen (secondary N) is 1. The Balaban J connectivity index is 1.13. The number of carbonyl (C=O) groups is 2. The highest BCUT2D eigenvalue weighted by Crippen LogP contribution is 2.33. The van der Waals surface area contributed by atoms with Crippen LogP contribution in [-0.2, 0) is 32.5 Å². The molecule has 0 aromatic heterocycles. The third kappa shape index (κ3) is 5.71. The van der Waals surface area contributed by atoms with Crippen molar-refractivity contribution in [2.75, 3.05) is 24.9 Å². The van der Waals surface area contributed by atoms with Gasteiger partial charge >= 0.3 is 0 Å². The zero-order valence-corrected chi connectivity index (χ0v) is 24.0. The molecule has 3 aliphatic heterocycles. The summed E-state index contributed by atoms with van der Waals surface area (Å²) >= 11 is 0. The lowest BCUT2D eigenvalue weighted by molar-refractivity contribution is -0.143. The summed E-state index contributed by atoms with van der Waals surface area (Å²) in [5.41, 5.74) is 2.82. The van der Waals surface area contributed by atoms with Crippen molar-refractivity contribution in [1.29, 1.82) is 0 Å². The molecule has 1 saturated heterocycles. The second-order valence-corrected chi connectivity index (χ2v) is 12.7. The number of nitrogens with zero attached hydrogens (tertiary/aromatic N) is 2. The minimum atomic E-state index is -4.07. The first-order valence-corrected chi connectivity index (χ1v) is 15.5. The molecule has 0 radical (unpaired) electrons. The third-order valence-corrected chi connectivity index (χ3v) is 9.63. The van der Waals surface area contributed by atoms with Crippen molar-refractivity contribution in [3.05, 3.63) is 89.2 Å². The Bertz CT molecular complexity index is 1630. The van der Waals surface area contributed by atoms with E-state index in [4.69, 9.17) is 9.47 Å².